The number of aliphatic imine (C=N–C) groups is 1. The molecule has 148 valence electrons. The van der Waals surface area contributed by atoms with Gasteiger partial charge in [0.15, 0.2) is 0 Å². The standard InChI is InChI=1S/C22H30BN3OS/c1-6-19-21(20(7-2)26(25-19)15-14-24-16-23-27)28-18-10-8-17(9-11-18)12-13-22(3,4)5/h8-13,16H,6-7,14-15H2,1-5H3/b13-12+,24-16?. The molecule has 1 aromatic heterocycles. The van der Waals surface area contributed by atoms with Crippen molar-refractivity contribution in [2.75, 3.05) is 6.54 Å². The molecule has 2 aromatic rings. The molecule has 0 unspecified atom stereocenters. The molecule has 2 rings (SSSR count). The minimum atomic E-state index is 0.184. The van der Waals surface area contributed by atoms with Crippen molar-refractivity contribution in [2.45, 2.75) is 63.8 Å². The van der Waals surface area contributed by atoms with Gasteiger partial charge in [0.05, 0.1) is 0 Å². The Morgan fingerprint density at radius 2 is 1.89 bits per heavy atom. The van der Waals surface area contributed by atoms with Gasteiger partial charge in [0.1, 0.15) is 0 Å². The van der Waals surface area contributed by atoms with E-state index in [0.29, 0.717) is 20.2 Å². The van der Waals surface area contributed by atoms with Crippen LogP contribution in [0.5, 0.6) is 0 Å². The average molecular weight is 395 g/mol. The first kappa shape index (κ1) is 22.3. The first-order valence-corrected chi connectivity index (χ1v) is 10.7. The molecule has 1 aromatic carbocycles. The molecule has 0 N–H and O–H groups in total. The number of hydrogen-bond donors (Lipinski definition) is 0. The molecule has 0 amide bonds. The van der Waals surface area contributed by atoms with Crippen molar-refractivity contribution in [2.24, 2.45) is 10.4 Å². The van der Waals surface area contributed by atoms with Crippen LogP contribution < -0.4 is 0 Å². The van der Waals surface area contributed by atoms with E-state index in [9.17, 15) is 4.70 Å². The topological polar surface area (TPSA) is 47.2 Å². The van der Waals surface area contributed by atoms with Crippen LogP contribution in [0.2, 0.25) is 0 Å². The summed E-state index contributed by atoms with van der Waals surface area (Å²) in [6.07, 6.45) is 7.53. The van der Waals surface area contributed by atoms with Crippen molar-refractivity contribution < 1.29 is 4.70 Å². The molecule has 1 heterocycles. The number of allylic oxidation sites excluding steroid dienone is 1. The summed E-state index contributed by atoms with van der Waals surface area (Å²) in [6, 6.07) is 8.69. The Kier molecular flexibility index (Phi) is 8.43. The Morgan fingerprint density at radius 1 is 1.18 bits per heavy atom. The van der Waals surface area contributed by atoms with Gasteiger partial charge in [-0.3, -0.25) is 0 Å². The molecule has 6 heteroatoms. The molecule has 0 saturated heterocycles. The summed E-state index contributed by atoms with van der Waals surface area (Å²) in [5.41, 5.74) is 3.76. The van der Waals surface area contributed by atoms with E-state index in [2.05, 4.69) is 76.0 Å². The molecule has 28 heavy (non-hydrogen) atoms. The van der Waals surface area contributed by atoms with Crippen LogP contribution in [0, 0.1) is 5.41 Å². The number of benzene rings is 1. The van der Waals surface area contributed by atoms with Crippen molar-refractivity contribution in [1.82, 2.24) is 9.78 Å². The molecule has 0 aliphatic carbocycles. The average Bonchev–Trinajstić information content (AvgIpc) is 3.00. The van der Waals surface area contributed by atoms with E-state index >= 15 is 0 Å². The zero-order valence-electron chi connectivity index (χ0n) is 17.6. The van der Waals surface area contributed by atoms with Crippen molar-refractivity contribution in [1.29, 1.82) is 0 Å². The molecule has 0 radical (unpaired) electrons. The second-order valence-corrected chi connectivity index (χ2v) is 8.80. The summed E-state index contributed by atoms with van der Waals surface area (Å²) in [4.78, 5) is 6.56. The third-order valence-corrected chi connectivity index (χ3v) is 5.41. The van der Waals surface area contributed by atoms with E-state index in [4.69, 9.17) is 5.10 Å². The second-order valence-electron chi connectivity index (χ2n) is 7.71. The predicted molar refractivity (Wildman–Crippen MR) is 120 cm³/mol. The Morgan fingerprint density at radius 3 is 2.46 bits per heavy atom. The maximum absolute atomic E-state index is 10.4. The first-order chi connectivity index (χ1) is 13.4. The number of aryl methyl sites for hydroxylation is 1. The third kappa shape index (κ3) is 6.59. The zero-order valence-corrected chi connectivity index (χ0v) is 18.4. The van der Waals surface area contributed by atoms with E-state index in [1.54, 1.807) is 11.8 Å². The van der Waals surface area contributed by atoms with Gasteiger partial charge in [-0.05, 0) is 5.41 Å². The number of nitrogens with zero attached hydrogens (tertiary/aromatic N) is 3. The minimum absolute atomic E-state index is 0.184. The summed E-state index contributed by atoms with van der Waals surface area (Å²) in [5.74, 6) is 0. The number of aromatic nitrogens is 2. The summed E-state index contributed by atoms with van der Waals surface area (Å²) < 4.78 is 12.4. The van der Waals surface area contributed by atoms with Gasteiger partial charge >= 0.3 is 135 Å². The molecule has 0 bridgehead atoms. The van der Waals surface area contributed by atoms with E-state index in [1.807, 2.05) is 4.68 Å². The molecule has 0 fully saturated rings. The summed E-state index contributed by atoms with van der Waals surface area (Å²) in [6.45, 7) is 12.2. The van der Waals surface area contributed by atoms with Gasteiger partial charge in [-0.25, -0.2) is 0 Å². The van der Waals surface area contributed by atoms with Crippen LogP contribution in [-0.4, -0.2) is 29.6 Å². The molecular weight excluding hydrogens is 365 g/mol. The fraction of sp³-hybridized carbons (Fsp3) is 0.455. The molecule has 4 nitrogen and oxygen atoms in total. The van der Waals surface area contributed by atoms with Crippen molar-refractivity contribution >= 4 is 31.1 Å². The fourth-order valence-electron chi connectivity index (χ4n) is 2.79. The van der Waals surface area contributed by atoms with Gasteiger partial charge in [0.2, 0.25) is 0 Å². The molecule has 0 atom stereocenters. The van der Waals surface area contributed by atoms with Crippen LogP contribution >= 0.6 is 11.8 Å². The van der Waals surface area contributed by atoms with E-state index in [0.717, 1.165) is 18.5 Å². The van der Waals surface area contributed by atoms with E-state index in [1.165, 1.54) is 27.2 Å². The van der Waals surface area contributed by atoms with Crippen LogP contribution in [0.3, 0.4) is 0 Å². The van der Waals surface area contributed by atoms with Crippen molar-refractivity contribution in [3.05, 3.63) is 47.3 Å². The Labute approximate surface area is 173 Å². The first-order valence-electron chi connectivity index (χ1n) is 9.87. The molecule has 0 aliphatic heterocycles. The van der Waals surface area contributed by atoms with Gasteiger partial charge in [-0.15, -0.1) is 0 Å². The number of hydrogen-bond acceptors (Lipinski definition) is 4. The summed E-state index contributed by atoms with van der Waals surface area (Å²) in [7, 11) is 0.711. The predicted octanol–water partition coefficient (Wildman–Crippen LogP) is 5.30. The Hall–Kier alpha value is -1.95. The van der Waals surface area contributed by atoms with Crippen LogP contribution in [-0.2, 0) is 24.1 Å². The molecule has 0 aliphatic rings. The Balaban J connectivity index is 2.20. The molecule has 0 spiro atoms. The number of rotatable bonds is 9. The molecule has 0 saturated carbocycles. The van der Waals surface area contributed by atoms with E-state index in [-0.39, 0.29) is 5.41 Å². The quantitative estimate of drug-likeness (QED) is 0.428. The van der Waals surface area contributed by atoms with Crippen LogP contribution in [0.1, 0.15) is 51.6 Å². The third-order valence-electron chi connectivity index (χ3n) is 4.23. The second kappa shape index (κ2) is 10.6. The molecular formula is C22H30BN3OS. The fourth-order valence-corrected chi connectivity index (χ4v) is 3.97. The van der Waals surface area contributed by atoms with Gasteiger partial charge in [-0.2, -0.15) is 0 Å². The van der Waals surface area contributed by atoms with Crippen molar-refractivity contribution in [3.8, 4) is 0 Å². The van der Waals surface area contributed by atoms with Gasteiger partial charge in [0, 0.05) is 0 Å². The van der Waals surface area contributed by atoms with Gasteiger partial charge in [-0.1, -0.05) is 32.9 Å². The maximum atomic E-state index is 10.4. The van der Waals surface area contributed by atoms with Crippen LogP contribution in [0.4, 0.5) is 0 Å². The van der Waals surface area contributed by atoms with Gasteiger partial charge in [0.25, 0.3) is 0 Å². The Bertz CT molecular complexity index is 833. The van der Waals surface area contributed by atoms with E-state index < -0.39 is 0 Å². The summed E-state index contributed by atoms with van der Waals surface area (Å²) >= 11 is 1.78. The van der Waals surface area contributed by atoms with Gasteiger partial charge < -0.3 is 0 Å². The normalized spacial score (nSPS) is 12.2. The summed E-state index contributed by atoms with van der Waals surface area (Å²) in [5, 5.41) is 4.79. The van der Waals surface area contributed by atoms with Crippen LogP contribution in [0.25, 0.3) is 6.08 Å². The zero-order chi connectivity index (χ0) is 20.6. The monoisotopic (exact) mass is 395 g/mol. The van der Waals surface area contributed by atoms with Crippen molar-refractivity contribution in [3.63, 3.8) is 0 Å². The SMILES string of the molecule is CCc1nn(CCN=CB=O)c(CC)c1Sc1ccc(/C=C/C(C)(C)C)cc1. The van der Waals surface area contributed by atoms with Crippen LogP contribution in [0.15, 0.2) is 45.1 Å².